The van der Waals surface area contributed by atoms with Gasteiger partial charge >= 0.3 is 0 Å². The Morgan fingerprint density at radius 3 is 3.14 bits per heavy atom. The Kier molecular flexibility index (Phi) is 5.14. The highest BCUT2D eigenvalue weighted by Gasteiger charge is 2.01. The summed E-state index contributed by atoms with van der Waals surface area (Å²) < 4.78 is 0. The molecule has 0 aliphatic carbocycles. The number of rotatable bonds is 4. The lowest BCUT2D eigenvalue weighted by atomic mass is 10.3. The molecular weight excluding hydrogens is 240 g/mol. The molecule has 0 amide bonds. The summed E-state index contributed by atoms with van der Waals surface area (Å²) in [5.74, 6) is 0. The zero-order valence-electron chi connectivity index (χ0n) is 7.48. The van der Waals surface area contributed by atoms with Gasteiger partial charge in [-0.25, -0.2) is 0 Å². The van der Waals surface area contributed by atoms with E-state index < -0.39 is 0 Å². The highest BCUT2D eigenvalue weighted by molar-refractivity contribution is 8.29. The van der Waals surface area contributed by atoms with E-state index in [1.165, 1.54) is 17.2 Å². The maximum absolute atomic E-state index is 8.37. The molecule has 1 N–H and O–H groups in total. The number of hydrogen-bond donors (Lipinski definition) is 1. The number of nitrogens with zero attached hydrogens (tertiary/aromatic N) is 2. The Morgan fingerprint density at radius 2 is 2.50 bits per heavy atom. The normalized spacial score (nSPS) is 11.0. The molecule has 0 spiro atoms. The second kappa shape index (κ2) is 6.16. The van der Waals surface area contributed by atoms with Crippen molar-refractivity contribution >= 4 is 39.6 Å². The fourth-order valence-electron chi connectivity index (χ4n) is 0.897. The Labute approximate surface area is 95.4 Å². The van der Waals surface area contributed by atoms with Gasteiger partial charge in [0.15, 0.2) is 0 Å². The minimum absolute atomic E-state index is 0.768. The van der Waals surface area contributed by atoms with Gasteiger partial charge in [-0.2, -0.15) is 0 Å². The summed E-state index contributed by atoms with van der Waals surface area (Å²) in [6.45, 7) is 1.93. The molecule has 3 nitrogen and oxygen atoms in total. The predicted molar refractivity (Wildman–Crippen MR) is 62.5 cm³/mol. The average molecular weight is 249 g/mol. The van der Waals surface area contributed by atoms with E-state index in [1.54, 1.807) is 18.0 Å². The molecule has 0 atom stereocenters. The first-order chi connectivity index (χ1) is 6.77. The van der Waals surface area contributed by atoms with Gasteiger partial charge in [0.1, 0.15) is 0 Å². The van der Waals surface area contributed by atoms with E-state index in [2.05, 4.69) is 10.1 Å². The molecule has 6 heteroatoms. The van der Waals surface area contributed by atoms with Crippen molar-refractivity contribution in [2.75, 3.05) is 5.08 Å². The molecule has 0 aromatic carbocycles. The van der Waals surface area contributed by atoms with Crippen LogP contribution in [0.4, 0.5) is 0 Å². The van der Waals surface area contributed by atoms with E-state index in [-0.39, 0.29) is 0 Å². The van der Waals surface area contributed by atoms with Crippen LogP contribution in [-0.4, -0.2) is 21.5 Å². The summed E-state index contributed by atoms with van der Waals surface area (Å²) >= 11 is 1.61. The third-order valence-corrected chi connectivity index (χ3v) is 3.88. The third-order valence-electron chi connectivity index (χ3n) is 1.53. The highest BCUT2D eigenvalue weighted by atomic mass is 35.7. The Balaban J connectivity index is 2.84. The SMILES string of the molecule is Cc1ncc(/C=N/O)cc1SCSCl. The Morgan fingerprint density at radius 1 is 1.71 bits per heavy atom. The number of aromatic nitrogens is 1. The van der Waals surface area contributed by atoms with Gasteiger partial charge in [-0.1, -0.05) is 5.16 Å². The van der Waals surface area contributed by atoms with Crippen LogP contribution in [0.15, 0.2) is 22.3 Å². The topological polar surface area (TPSA) is 45.5 Å². The van der Waals surface area contributed by atoms with Crippen LogP contribution in [0.3, 0.4) is 0 Å². The summed E-state index contributed by atoms with van der Waals surface area (Å²) in [4.78, 5) is 5.23. The smallest absolute Gasteiger partial charge is 0.0749 e. The van der Waals surface area contributed by atoms with Crippen molar-refractivity contribution in [1.29, 1.82) is 0 Å². The second-order valence-electron chi connectivity index (χ2n) is 2.47. The lowest BCUT2D eigenvalue weighted by Crippen LogP contribution is -1.90. The molecule has 0 saturated heterocycles. The van der Waals surface area contributed by atoms with E-state index >= 15 is 0 Å². The zero-order valence-corrected chi connectivity index (χ0v) is 9.86. The first-order valence-corrected chi connectivity index (χ1v) is 6.58. The van der Waals surface area contributed by atoms with Crippen LogP contribution in [-0.2, 0) is 0 Å². The fourth-order valence-corrected chi connectivity index (χ4v) is 2.47. The molecule has 0 unspecified atom stereocenters. The lowest BCUT2D eigenvalue weighted by Gasteiger charge is -2.03. The number of aryl methyl sites for hydroxylation is 1. The van der Waals surface area contributed by atoms with E-state index in [4.69, 9.17) is 15.9 Å². The number of pyridine rings is 1. The number of halogens is 1. The number of hydrogen-bond acceptors (Lipinski definition) is 5. The van der Waals surface area contributed by atoms with Gasteiger partial charge in [0.2, 0.25) is 0 Å². The molecule has 76 valence electrons. The minimum atomic E-state index is 0.768. The Hall–Kier alpha value is -0.390. The van der Waals surface area contributed by atoms with Crippen LogP contribution in [0.25, 0.3) is 0 Å². The molecule has 0 fully saturated rings. The van der Waals surface area contributed by atoms with Gasteiger partial charge in [-0.15, -0.1) is 11.8 Å². The Bertz CT molecular complexity index is 333. The average Bonchev–Trinajstić information content (AvgIpc) is 2.19. The zero-order chi connectivity index (χ0) is 10.4. The van der Waals surface area contributed by atoms with Crippen molar-refractivity contribution in [2.24, 2.45) is 5.16 Å². The molecule has 0 aliphatic heterocycles. The van der Waals surface area contributed by atoms with Crippen LogP contribution in [0, 0.1) is 6.92 Å². The molecular formula is C8H9ClN2OS2. The van der Waals surface area contributed by atoms with Crippen LogP contribution in [0.1, 0.15) is 11.3 Å². The second-order valence-corrected chi connectivity index (χ2v) is 5.01. The first-order valence-electron chi connectivity index (χ1n) is 3.78. The summed E-state index contributed by atoms with van der Waals surface area (Å²) in [7, 11) is 6.76. The first kappa shape index (κ1) is 11.7. The van der Waals surface area contributed by atoms with Crippen LogP contribution < -0.4 is 0 Å². The number of oxime groups is 1. The highest BCUT2D eigenvalue weighted by Crippen LogP contribution is 2.26. The van der Waals surface area contributed by atoms with Crippen LogP contribution >= 0.6 is 33.4 Å². The van der Waals surface area contributed by atoms with Crippen molar-refractivity contribution in [2.45, 2.75) is 11.8 Å². The summed E-state index contributed by atoms with van der Waals surface area (Å²) in [6.07, 6.45) is 3.01. The van der Waals surface area contributed by atoms with E-state index in [0.29, 0.717) is 0 Å². The van der Waals surface area contributed by atoms with E-state index in [1.807, 2.05) is 13.0 Å². The lowest BCUT2D eigenvalue weighted by molar-refractivity contribution is 0.322. The largest absolute Gasteiger partial charge is 0.411 e. The molecule has 1 heterocycles. The minimum Gasteiger partial charge on any atom is -0.411 e. The molecule has 0 saturated carbocycles. The van der Waals surface area contributed by atoms with Gasteiger partial charge in [-0.3, -0.25) is 4.98 Å². The monoisotopic (exact) mass is 248 g/mol. The van der Waals surface area contributed by atoms with Crippen molar-refractivity contribution in [3.8, 4) is 0 Å². The summed E-state index contributed by atoms with van der Waals surface area (Å²) in [5.41, 5.74) is 1.73. The predicted octanol–water partition coefficient (Wildman–Crippen LogP) is 3.13. The molecule has 1 rings (SSSR count). The van der Waals surface area contributed by atoms with Gasteiger partial charge in [0.05, 0.1) is 17.0 Å². The third kappa shape index (κ3) is 3.40. The molecule has 0 radical (unpaired) electrons. The van der Waals surface area contributed by atoms with Gasteiger partial charge < -0.3 is 5.21 Å². The van der Waals surface area contributed by atoms with E-state index in [9.17, 15) is 0 Å². The van der Waals surface area contributed by atoms with Crippen molar-refractivity contribution < 1.29 is 5.21 Å². The quantitative estimate of drug-likeness (QED) is 0.292. The molecule has 0 aliphatic rings. The fraction of sp³-hybridized carbons (Fsp3) is 0.250. The molecule has 0 bridgehead atoms. The maximum Gasteiger partial charge on any atom is 0.0749 e. The molecule has 1 aromatic heterocycles. The standard InChI is InChI=1S/C8H9ClN2OS2/c1-6-8(13-5-14-9)2-7(3-10-6)4-11-12/h2-4,12H,5H2,1H3/b11-4+. The van der Waals surface area contributed by atoms with Crippen molar-refractivity contribution in [3.63, 3.8) is 0 Å². The molecule has 1 aromatic rings. The van der Waals surface area contributed by atoms with Crippen LogP contribution in [0.5, 0.6) is 0 Å². The summed E-state index contributed by atoms with van der Waals surface area (Å²) in [6, 6.07) is 1.92. The van der Waals surface area contributed by atoms with Crippen molar-refractivity contribution in [1.82, 2.24) is 4.98 Å². The van der Waals surface area contributed by atoms with Gasteiger partial charge in [0, 0.05) is 16.7 Å². The van der Waals surface area contributed by atoms with Crippen molar-refractivity contribution in [3.05, 3.63) is 23.5 Å². The van der Waals surface area contributed by atoms with Gasteiger partial charge in [-0.05, 0) is 34.6 Å². The summed E-state index contributed by atoms with van der Waals surface area (Å²) in [5, 5.41) is 12.1. The molecule has 14 heavy (non-hydrogen) atoms. The van der Waals surface area contributed by atoms with E-state index in [0.717, 1.165) is 21.2 Å². The van der Waals surface area contributed by atoms with Gasteiger partial charge in [0.25, 0.3) is 0 Å². The number of thioether (sulfide) groups is 1. The maximum atomic E-state index is 8.37. The van der Waals surface area contributed by atoms with Crippen LogP contribution in [0.2, 0.25) is 0 Å².